The van der Waals surface area contributed by atoms with E-state index in [0.29, 0.717) is 5.16 Å². The lowest BCUT2D eigenvalue weighted by Crippen LogP contribution is -2.27. The minimum Gasteiger partial charge on any atom is -0.348 e. The van der Waals surface area contributed by atoms with Crippen molar-refractivity contribution in [1.82, 2.24) is 25.5 Å². The Kier molecular flexibility index (Phi) is 5.50. The molecule has 1 N–H and O–H groups in total. The summed E-state index contributed by atoms with van der Waals surface area (Å²) >= 11 is 2.96. The quantitative estimate of drug-likeness (QED) is 0.671. The van der Waals surface area contributed by atoms with Gasteiger partial charge in [0, 0.05) is 4.88 Å². The smallest absolute Gasteiger partial charge is 0.230 e. The van der Waals surface area contributed by atoms with Gasteiger partial charge in [0.25, 0.3) is 0 Å². The number of carbonyl (C=O) groups is 1. The van der Waals surface area contributed by atoms with Crippen molar-refractivity contribution in [2.75, 3.05) is 5.75 Å². The van der Waals surface area contributed by atoms with Crippen molar-refractivity contribution in [2.45, 2.75) is 32.0 Å². The number of nitrogens with zero attached hydrogens (tertiary/aromatic N) is 4. The number of tetrazole rings is 1. The number of thiophene rings is 1. The Morgan fingerprint density at radius 3 is 2.92 bits per heavy atom. The molecule has 0 aliphatic heterocycles. The first-order valence-corrected chi connectivity index (χ1v) is 9.72. The van der Waals surface area contributed by atoms with Gasteiger partial charge in [-0.05, 0) is 54.3 Å². The molecular formula is C17H19N5OS2. The Labute approximate surface area is 154 Å². The third kappa shape index (κ3) is 4.26. The fourth-order valence-corrected chi connectivity index (χ4v) is 3.91. The molecule has 0 saturated carbocycles. The SMILES string of the molecule is Cc1ccc(-n2nnnc2SCC(=O)N[C@H](C)c2cccs2)c(C)c1. The molecule has 0 radical (unpaired) electrons. The maximum Gasteiger partial charge on any atom is 0.230 e. The van der Waals surface area contributed by atoms with Gasteiger partial charge in [-0.15, -0.1) is 16.4 Å². The summed E-state index contributed by atoms with van der Waals surface area (Å²) in [4.78, 5) is 13.3. The zero-order valence-electron chi connectivity index (χ0n) is 14.3. The molecule has 1 aromatic carbocycles. The van der Waals surface area contributed by atoms with Gasteiger partial charge < -0.3 is 5.32 Å². The van der Waals surface area contributed by atoms with Crippen LogP contribution in [0.1, 0.15) is 29.0 Å². The van der Waals surface area contributed by atoms with E-state index in [1.165, 1.54) is 17.3 Å². The third-order valence-corrected chi connectivity index (χ3v) is 5.68. The summed E-state index contributed by atoms with van der Waals surface area (Å²) in [7, 11) is 0. The fourth-order valence-electron chi connectivity index (χ4n) is 2.49. The first kappa shape index (κ1) is 17.6. The maximum atomic E-state index is 12.2. The number of rotatable bonds is 6. The summed E-state index contributed by atoms with van der Waals surface area (Å²) in [5.74, 6) is 0.224. The van der Waals surface area contributed by atoms with Gasteiger partial charge in [0.15, 0.2) is 0 Å². The highest BCUT2D eigenvalue weighted by Gasteiger charge is 2.15. The normalized spacial score (nSPS) is 12.1. The number of carbonyl (C=O) groups excluding carboxylic acids is 1. The number of hydrogen-bond acceptors (Lipinski definition) is 6. The topological polar surface area (TPSA) is 72.7 Å². The van der Waals surface area contributed by atoms with Crippen LogP contribution in [0, 0.1) is 13.8 Å². The van der Waals surface area contributed by atoms with Crippen molar-refractivity contribution in [2.24, 2.45) is 0 Å². The summed E-state index contributed by atoms with van der Waals surface area (Å²) in [5, 5.41) is 17.5. The number of hydrogen-bond donors (Lipinski definition) is 1. The Morgan fingerprint density at radius 1 is 1.36 bits per heavy atom. The monoisotopic (exact) mass is 373 g/mol. The van der Waals surface area contributed by atoms with E-state index in [0.717, 1.165) is 16.1 Å². The van der Waals surface area contributed by atoms with Crippen LogP contribution in [0.4, 0.5) is 0 Å². The summed E-state index contributed by atoms with van der Waals surface area (Å²) in [5.41, 5.74) is 3.20. The lowest BCUT2D eigenvalue weighted by molar-refractivity contribution is -0.119. The van der Waals surface area contributed by atoms with E-state index in [2.05, 4.69) is 26.9 Å². The van der Waals surface area contributed by atoms with Crippen LogP contribution in [0.3, 0.4) is 0 Å². The van der Waals surface area contributed by atoms with Gasteiger partial charge in [-0.1, -0.05) is 35.5 Å². The highest BCUT2D eigenvalue weighted by molar-refractivity contribution is 7.99. The van der Waals surface area contributed by atoms with Gasteiger partial charge in [-0.25, -0.2) is 0 Å². The van der Waals surface area contributed by atoms with Crippen LogP contribution >= 0.6 is 23.1 Å². The van der Waals surface area contributed by atoms with Gasteiger partial charge in [0.05, 0.1) is 17.5 Å². The molecule has 2 heterocycles. The second kappa shape index (κ2) is 7.79. The van der Waals surface area contributed by atoms with E-state index in [-0.39, 0.29) is 17.7 Å². The summed E-state index contributed by atoms with van der Waals surface area (Å²) in [6, 6.07) is 10.1. The van der Waals surface area contributed by atoms with Crippen LogP contribution in [0.15, 0.2) is 40.9 Å². The molecule has 0 aliphatic carbocycles. The zero-order valence-corrected chi connectivity index (χ0v) is 15.9. The van der Waals surface area contributed by atoms with Crippen molar-refractivity contribution in [3.63, 3.8) is 0 Å². The summed E-state index contributed by atoms with van der Waals surface area (Å²) in [6.45, 7) is 6.05. The minimum atomic E-state index is -0.0407. The van der Waals surface area contributed by atoms with Crippen LogP contribution < -0.4 is 5.32 Å². The second-order valence-corrected chi connectivity index (χ2v) is 7.68. The molecular weight excluding hydrogens is 354 g/mol. The molecule has 3 rings (SSSR count). The van der Waals surface area contributed by atoms with Crippen molar-refractivity contribution in [3.05, 3.63) is 51.7 Å². The highest BCUT2D eigenvalue weighted by atomic mass is 32.2. The van der Waals surface area contributed by atoms with Gasteiger partial charge in [0.1, 0.15) is 0 Å². The highest BCUT2D eigenvalue weighted by Crippen LogP contribution is 2.22. The van der Waals surface area contributed by atoms with E-state index in [1.54, 1.807) is 16.0 Å². The Hall–Kier alpha value is -2.19. The number of aryl methyl sites for hydroxylation is 2. The van der Waals surface area contributed by atoms with E-state index in [1.807, 2.05) is 50.4 Å². The molecule has 0 saturated heterocycles. The average molecular weight is 374 g/mol. The minimum absolute atomic E-state index is 0.00318. The lowest BCUT2D eigenvalue weighted by Gasteiger charge is -2.12. The predicted molar refractivity (Wildman–Crippen MR) is 100 cm³/mol. The lowest BCUT2D eigenvalue weighted by atomic mass is 10.1. The molecule has 0 bridgehead atoms. The van der Waals surface area contributed by atoms with E-state index < -0.39 is 0 Å². The summed E-state index contributed by atoms with van der Waals surface area (Å²) < 4.78 is 1.68. The molecule has 0 unspecified atom stereocenters. The predicted octanol–water partition coefficient (Wildman–Crippen LogP) is 3.31. The van der Waals surface area contributed by atoms with Gasteiger partial charge in [-0.2, -0.15) is 4.68 Å². The third-order valence-electron chi connectivity index (χ3n) is 3.70. The number of benzene rings is 1. The van der Waals surface area contributed by atoms with Gasteiger partial charge in [0.2, 0.25) is 11.1 Å². The number of amides is 1. The van der Waals surface area contributed by atoms with Crippen LogP contribution in [-0.4, -0.2) is 31.9 Å². The second-order valence-electron chi connectivity index (χ2n) is 5.76. The van der Waals surface area contributed by atoms with E-state index in [4.69, 9.17) is 0 Å². The van der Waals surface area contributed by atoms with Crippen molar-refractivity contribution < 1.29 is 4.79 Å². The molecule has 25 heavy (non-hydrogen) atoms. The fraction of sp³-hybridized carbons (Fsp3) is 0.294. The van der Waals surface area contributed by atoms with Crippen molar-refractivity contribution in [1.29, 1.82) is 0 Å². The number of aromatic nitrogens is 4. The van der Waals surface area contributed by atoms with Crippen molar-refractivity contribution in [3.8, 4) is 5.69 Å². The molecule has 8 heteroatoms. The van der Waals surface area contributed by atoms with Gasteiger partial charge in [-0.3, -0.25) is 4.79 Å². The molecule has 2 aromatic heterocycles. The Bertz CT molecular complexity index is 860. The van der Waals surface area contributed by atoms with Gasteiger partial charge >= 0.3 is 0 Å². The standard InChI is InChI=1S/C17H19N5OS2/c1-11-6-7-14(12(2)9-11)22-17(19-20-21-22)25-10-16(23)18-13(3)15-5-4-8-24-15/h4-9,13H,10H2,1-3H3,(H,18,23)/t13-/m1/s1. The van der Waals surface area contributed by atoms with Crippen LogP contribution in [0.25, 0.3) is 5.69 Å². The average Bonchev–Trinajstić information content (AvgIpc) is 3.25. The van der Waals surface area contributed by atoms with Crippen LogP contribution in [0.2, 0.25) is 0 Å². The number of thioether (sulfide) groups is 1. The summed E-state index contributed by atoms with van der Waals surface area (Å²) in [6.07, 6.45) is 0. The zero-order chi connectivity index (χ0) is 17.8. The Balaban J connectivity index is 1.64. The van der Waals surface area contributed by atoms with Crippen LogP contribution in [-0.2, 0) is 4.79 Å². The van der Waals surface area contributed by atoms with Crippen molar-refractivity contribution >= 4 is 29.0 Å². The molecule has 1 atom stereocenters. The van der Waals surface area contributed by atoms with Crippen LogP contribution in [0.5, 0.6) is 0 Å². The molecule has 0 fully saturated rings. The molecule has 130 valence electrons. The molecule has 6 nitrogen and oxygen atoms in total. The Morgan fingerprint density at radius 2 is 2.20 bits per heavy atom. The maximum absolute atomic E-state index is 12.2. The molecule has 0 spiro atoms. The first-order chi connectivity index (χ1) is 12.0. The molecule has 0 aliphatic rings. The molecule has 3 aromatic rings. The largest absolute Gasteiger partial charge is 0.348 e. The first-order valence-electron chi connectivity index (χ1n) is 7.86. The number of nitrogens with one attached hydrogen (secondary N) is 1. The van der Waals surface area contributed by atoms with E-state index in [9.17, 15) is 4.79 Å². The molecule has 1 amide bonds. The van der Waals surface area contributed by atoms with E-state index >= 15 is 0 Å².